The molecule has 0 bridgehead atoms. The smallest absolute Gasteiger partial charge is 0.307 e. The lowest BCUT2D eigenvalue weighted by Gasteiger charge is -2.07. The van der Waals surface area contributed by atoms with Crippen molar-refractivity contribution in [2.45, 2.75) is 39.8 Å². The zero-order valence-corrected chi connectivity index (χ0v) is 17.5. The third-order valence-corrected chi connectivity index (χ3v) is 6.06. The zero-order valence-electron chi connectivity index (χ0n) is 16.7. The average molecular weight is 427 g/mol. The Morgan fingerprint density at radius 3 is 2.77 bits per heavy atom. The van der Waals surface area contributed by atoms with E-state index in [0.717, 1.165) is 15.3 Å². The summed E-state index contributed by atoms with van der Waals surface area (Å²) >= 11 is 1.50. The van der Waals surface area contributed by atoms with Crippen molar-refractivity contribution in [3.63, 3.8) is 0 Å². The van der Waals surface area contributed by atoms with Gasteiger partial charge in [-0.25, -0.2) is 19.9 Å². The van der Waals surface area contributed by atoms with E-state index in [1.807, 2.05) is 18.4 Å². The van der Waals surface area contributed by atoms with E-state index in [1.54, 1.807) is 6.33 Å². The maximum Gasteiger partial charge on any atom is 0.307 e. The van der Waals surface area contributed by atoms with E-state index in [4.69, 9.17) is 10.5 Å². The number of aryl methyl sites for hydroxylation is 4. The largest absolute Gasteiger partial charge is 0.466 e. The number of ether oxygens (including phenoxy) is 1. The molecule has 0 amide bonds. The lowest BCUT2D eigenvalue weighted by molar-refractivity contribution is -0.144. The minimum Gasteiger partial charge on any atom is -0.466 e. The number of thiophene rings is 1. The first-order valence-electron chi connectivity index (χ1n) is 9.47. The average Bonchev–Trinajstić information content (AvgIpc) is 3.27. The van der Waals surface area contributed by atoms with E-state index < -0.39 is 0 Å². The monoisotopic (exact) mass is 427 g/mol. The first-order chi connectivity index (χ1) is 14.5. The summed E-state index contributed by atoms with van der Waals surface area (Å²) in [6.45, 7) is 4.96. The molecule has 4 aromatic heterocycles. The quantitative estimate of drug-likeness (QED) is 0.349. The van der Waals surface area contributed by atoms with Crippen LogP contribution < -0.4 is 11.3 Å². The van der Waals surface area contributed by atoms with Crippen molar-refractivity contribution in [3.8, 4) is 0 Å². The molecule has 30 heavy (non-hydrogen) atoms. The summed E-state index contributed by atoms with van der Waals surface area (Å²) in [6, 6.07) is 0. The SMILES string of the molecule is Cc1sc2ncn(CCC(=O)OCCCn3cnc4c(N)ncnc43)c(=O)c2c1C. The topological polar surface area (TPSA) is 131 Å². The summed E-state index contributed by atoms with van der Waals surface area (Å²) in [6.07, 6.45) is 5.23. The van der Waals surface area contributed by atoms with Crippen LogP contribution in [0.25, 0.3) is 21.4 Å². The Morgan fingerprint density at radius 2 is 1.93 bits per heavy atom. The van der Waals surface area contributed by atoms with Crippen LogP contribution in [0.1, 0.15) is 23.3 Å². The Hall–Kier alpha value is -3.34. The summed E-state index contributed by atoms with van der Waals surface area (Å²) < 4.78 is 8.59. The van der Waals surface area contributed by atoms with Crippen molar-refractivity contribution >= 4 is 44.5 Å². The first kappa shape index (κ1) is 20.0. The molecule has 0 unspecified atom stereocenters. The minimum atomic E-state index is -0.359. The van der Waals surface area contributed by atoms with Gasteiger partial charge in [0.2, 0.25) is 0 Å². The molecule has 0 fully saturated rings. The molecule has 10 nitrogen and oxygen atoms in total. The summed E-state index contributed by atoms with van der Waals surface area (Å²) in [5.41, 5.74) is 7.80. The van der Waals surface area contributed by atoms with Gasteiger partial charge in [0, 0.05) is 18.0 Å². The van der Waals surface area contributed by atoms with Crippen molar-refractivity contribution in [1.82, 2.24) is 29.1 Å². The summed E-state index contributed by atoms with van der Waals surface area (Å²) in [7, 11) is 0. The van der Waals surface area contributed by atoms with Crippen LogP contribution in [-0.2, 0) is 22.6 Å². The Bertz CT molecular complexity index is 1290. The molecule has 11 heteroatoms. The fourth-order valence-corrected chi connectivity index (χ4v) is 4.18. The van der Waals surface area contributed by atoms with Crippen LogP contribution in [0.3, 0.4) is 0 Å². The first-order valence-corrected chi connectivity index (χ1v) is 10.3. The van der Waals surface area contributed by atoms with Crippen LogP contribution in [0.5, 0.6) is 0 Å². The predicted molar refractivity (Wildman–Crippen MR) is 113 cm³/mol. The van der Waals surface area contributed by atoms with Gasteiger partial charge >= 0.3 is 5.97 Å². The number of carbonyl (C=O) groups excluding carboxylic acids is 1. The maximum absolute atomic E-state index is 12.6. The van der Waals surface area contributed by atoms with Gasteiger partial charge in [-0.05, 0) is 25.8 Å². The fourth-order valence-electron chi connectivity index (χ4n) is 3.20. The van der Waals surface area contributed by atoms with Gasteiger partial charge in [-0.1, -0.05) is 0 Å². The van der Waals surface area contributed by atoms with Crippen LogP contribution in [0.4, 0.5) is 5.82 Å². The molecular weight excluding hydrogens is 406 g/mol. The van der Waals surface area contributed by atoms with E-state index in [2.05, 4.69) is 19.9 Å². The number of aromatic nitrogens is 6. The second kappa shape index (κ2) is 8.19. The number of anilines is 1. The van der Waals surface area contributed by atoms with Gasteiger partial charge in [0.25, 0.3) is 5.56 Å². The van der Waals surface area contributed by atoms with Gasteiger partial charge in [-0.2, -0.15) is 0 Å². The van der Waals surface area contributed by atoms with Crippen LogP contribution in [0, 0.1) is 13.8 Å². The Kier molecular flexibility index (Phi) is 5.44. The summed E-state index contributed by atoms with van der Waals surface area (Å²) in [5.74, 6) is -0.0248. The molecule has 2 N–H and O–H groups in total. The molecule has 0 aliphatic heterocycles. The van der Waals surface area contributed by atoms with Crippen molar-refractivity contribution in [2.75, 3.05) is 12.3 Å². The number of nitrogens with two attached hydrogens (primary N) is 1. The van der Waals surface area contributed by atoms with Gasteiger partial charge in [-0.3, -0.25) is 14.2 Å². The highest BCUT2D eigenvalue weighted by Crippen LogP contribution is 2.25. The van der Waals surface area contributed by atoms with Crippen molar-refractivity contribution in [1.29, 1.82) is 0 Å². The van der Waals surface area contributed by atoms with Gasteiger partial charge in [0.15, 0.2) is 11.5 Å². The normalized spacial score (nSPS) is 11.4. The van der Waals surface area contributed by atoms with Crippen LogP contribution in [0.15, 0.2) is 23.8 Å². The zero-order chi connectivity index (χ0) is 21.3. The number of rotatable bonds is 7. The number of hydrogen-bond acceptors (Lipinski definition) is 9. The van der Waals surface area contributed by atoms with Gasteiger partial charge < -0.3 is 15.0 Å². The van der Waals surface area contributed by atoms with Gasteiger partial charge in [0.05, 0.1) is 31.1 Å². The third-order valence-electron chi connectivity index (χ3n) is 4.95. The molecule has 4 aromatic rings. The second-order valence-corrected chi connectivity index (χ2v) is 8.10. The third kappa shape index (κ3) is 3.75. The molecule has 0 radical (unpaired) electrons. The fraction of sp³-hybridized carbons (Fsp3) is 0.368. The Morgan fingerprint density at radius 1 is 1.13 bits per heavy atom. The molecule has 0 aliphatic rings. The molecule has 0 saturated heterocycles. The van der Waals surface area contributed by atoms with E-state index in [9.17, 15) is 9.59 Å². The molecule has 0 atom stereocenters. The Balaban J connectivity index is 1.29. The van der Waals surface area contributed by atoms with Crippen molar-refractivity contribution < 1.29 is 9.53 Å². The molecule has 0 aliphatic carbocycles. The lowest BCUT2D eigenvalue weighted by Crippen LogP contribution is -2.22. The van der Waals surface area contributed by atoms with Crippen LogP contribution >= 0.6 is 11.3 Å². The molecule has 4 rings (SSSR count). The van der Waals surface area contributed by atoms with Crippen LogP contribution in [0.2, 0.25) is 0 Å². The molecular formula is C19H21N7O3S. The maximum atomic E-state index is 12.6. The number of carbonyl (C=O) groups is 1. The predicted octanol–water partition coefficient (Wildman–Crippen LogP) is 1.82. The standard InChI is InChI=1S/C19H21N7O3S/c1-11-12(2)30-18-14(11)19(28)26(10-24-18)6-4-13(27)29-7-3-5-25-9-23-15-16(20)21-8-22-17(15)25/h8-10H,3-7H2,1-2H3,(H2,20,21,22). The summed E-state index contributed by atoms with van der Waals surface area (Å²) in [5, 5.41) is 0.630. The van der Waals surface area contributed by atoms with E-state index in [1.165, 1.54) is 28.6 Å². The summed E-state index contributed by atoms with van der Waals surface area (Å²) in [4.78, 5) is 43.1. The number of nitrogens with zero attached hydrogens (tertiary/aromatic N) is 6. The van der Waals surface area contributed by atoms with Gasteiger partial charge in [-0.15, -0.1) is 11.3 Å². The van der Waals surface area contributed by atoms with E-state index in [0.29, 0.717) is 35.3 Å². The molecule has 0 saturated carbocycles. The van der Waals surface area contributed by atoms with E-state index >= 15 is 0 Å². The second-order valence-electron chi connectivity index (χ2n) is 6.90. The molecule has 0 aromatic carbocycles. The number of hydrogen-bond donors (Lipinski definition) is 1. The number of imidazole rings is 1. The molecule has 156 valence electrons. The van der Waals surface area contributed by atoms with E-state index in [-0.39, 0.29) is 31.1 Å². The van der Waals surface area contributed by atoms with Crippen molar-refractivity contribution in [3.05, 3.63) is 39.8 Å². The highest BCUT2D eigenvalue weighted by atomic mass is 32.1. The van der Waals surface area contributed by atoms with Gasteiger partial charge in [0.1, 0.15) is 16.7 Å². The van der Waals surface area contributed by atoms with Crippen LogP contribution in [-0.4, -0.2) is 41.6 Å². The number of esters is 1. The lowest BCUT2D eigenvalue weighted by atomic mass is 10.2. The number of nitrogen functional groups attached to an aromatic ring is 1. The van der Waals surface area contributed by atoms with Crippen molar-refractivity contribution in [2.24, 2.45) is 0 Å². The molecule has 0 spiro atoms. The minimum absolute atomic E-state index is 0.104. The highest BCUT2D eigenvalue weighted by molar-refractivity contribution is 7.18. The molecule has 4 heterocycles. The number of fused-ring (bicyclic) bond motifs is 2. The highest BCUT2D eigenvalue weighted by Gasteiger charge is 2.13. The Labute approximate surface area is 175 Å².